The Morgan fingerprint density at radius 3 is 2.24 bits per heavy atom. The second kappa shape index (κ2) is 7.46. The van der Waals surface area contributed by atoms with E-state index in [2.05, 4.69) is 5.32 Å². The molecule has 4 nitrogen and oxygen atoms in total. The lowest BCUT2D eigenvalue weighted by Crippen LogP contribution is -2.42. The van der Waals surface area contributed by atoms with E-state index in [0.717, 1.165) is 5.56 Å². The third kappa shape index (κ3) is 7.14. The predicted molar refractivity (Wildman–Crippen MR) is 85.1 cm³/mol. The van der Waals surface area contributed by atoms with Crippen LogP contribution in [0.25, 0.3) is 0 Å². The van der Waals surface area contributed by atoms with Gasteiger partial charge in [-0.3, -0.25) is 9.59 Å². The molecule has 21 heavy (non-hydrogen) atoms. The van der Waals surface area contributed by atoms with Crippen molar-refractivity contribution in [3.63, 3.8) is 0 Å². The van der Waals surface area contributed by atoms with E-state index >= 15 is 0 Å². The van der Waals surface area contributed by atoms with Gasteiger partial charge in [-0.05, 0) is 38.5 Å². The molecule has 0 spiro atoms. The molecule has 116 valence electrons. The van der Waals surface area contributed by atoms with E-state index in [-0.39, 0.29) is 17.4 Å². The van der Waals surface area contributed by atoms with Crippen LogP contribution in [-0.2, 0) is 16.1 Å². The summed E-state index contributed by atoms with van der Waals surface area (Å²) in [7, 11) is 0. The number of hydrogen-bond donors (Lipinski definition) is 1. The lowest BCUT2D eigenvalue weighted by molar-refractivity contribution is -0.130. The van der Waals surface area contributed by atoms with Crippen LogP contribution in [0.5, 0.6) is 0 Å². The lowest BCUT2D eigenvalue weighted by atomic mass is 10.1. The summed E-state index contributed by atoms with van der Waals surface area (Å²) in [5, 5.41) is 3.55. The number of amides is 2. The first-order valence-electron chi connectivity index (χ1n) is 6.98. The van der Waals surface area contributed by atoms with Crippen LogP contribution in [0.1, 0.15) is 39.7 Å². The second-order valence-corrected chi connectivity index (χ2v) is 6.55. The third-order valence-corrected chi connectivity index (χ3v) is 3.11. The molecule has 0 bridgehead atoms. The number of hydrogen-bond acceptors (Lipinski definition) is 2. The number of benzene rings is 1. The van der Waals surface area contributed by atoms with Gasteiger partial charge >= 0.3 is 0 Å². The summed E-state index contributed by atoms with van der Waals surface area (Å²) in [5.41, 5.74) is 0.736. The monoisotopic (exact) mass is 310 g/mol. The summed E-state index contributed by atoms with van der Waals surface area (Å²) in [6, 6.07) is 7.35. The summed E-state index contributed by atoms with van der Waals surface area (Å²) in [6.45, 7) is 8.19. The molecule has 0 radical (unpaired) electrons. The zero-order chi connectivity index (χ0) is 16.0. The van der Waals surface area contributed by atoms with Crippen molar-refractivity contribution in [1.82, 2.24) is 10.2 Å². The van der Waals surface area contributed by atoms with Gasteiger partial charge in [0.15, 0.2) is 0 Å². The van der Waals surface area contributed by atoms with Gasteiger partial charge in [0.25, 0.3) is 0 Å². The highest BCUT2D eigenvalue weighted by Gasteiger charge is 2.16. The quantitative estimate of drug-likeness (QED) is 0.909. The maximum atomic E-state index is 11.8. The lowest BCUT2D eigenvalue weighted by Gasteiger charge is -2.24. The van der Waals surface area contributed by atoms with Crippen LogP contribution in [0.15, 0.2) is 24.3 Å². The van der Waals surface area contributed by atoms with Gasteiger partial charge < -0.3 is 10.2 Å². The Morgan fingerprint density at radius 2 is 1.76 bits per heavy atom. The molecular weight excluding hydrogens is 288 g/mol. The highest BCUT2D eigenvalue weighted by atomic mass is 35.5. The van der Waals surface area contributed by atoms with Gasteiger partial charge in [0.1, 0.15) is 0 Å². The molecule has 1 rings (SSSR count). The van der Waals surface area contributed by atoms with Crippen molar-refractivity contribution in [1.29, 1.82) is 0 Å². The van der Waals surface area contributed by atoms with E-state index in [1.165, 1.54) is 6.92 Å². The van der Waals surface area contributed by atoms with Crippen LogP contribution in [0.2, 0.25) is 5.02 Å². The van der Waals surface area contributed by atoms with E-state index in [0.29, 0.717) is 24.5 Å². The van der Waals surface area contributed by atoms with E-state index in [9.17, 15) is 9.59 Å². The molecule has 0 saturated heterocycles. The zero-order valence-electron chi connectivity index (χ0n) is 13.1. The molecule has 1 N–H and O–H groups in total. The molecule has 2 amide bonds. The molecule has 1 aromatic carbocycles. The smallest absolute Gasteiger partial charge is 0.222 e. The maximum Gasteiger partial charge on any atom is 0.222 e. The molecular formula is C16H23ClN2O2. The molecule has 0 aromatic heterocycles. The Kier molecular flexibility index (Phi) is 6.21. The van der Waals surface area contributed by atoms with Crippen molar-refractivity contribution in [3.05, 3.63) is 34.9 Å². The van der Waals surface area contributed by atoms with Crippen LogP contribution >= 0.6 is 11.6 Å². The van der Waals surface area contributed by atoms with Gasteiger partial charge in [-0.25, -0.2) is 0 Å². The fraction of sp³-hybridized carbons (Fsp3) is 0.500. The largest absolute Gasteiger partial charge is 0.351 e. The van der Waals surface area contributed by atoms with Gasteiger partial charge in [-0.15, -0.1) is 0 Å². The highest BCUT2D eigenvalue weighted by molar-refractivity contribution is 6.30. The average Bonchev–Trinajstić information content (AvgIpc) is 2.34. The molecule has 0 aliphatic heterocycles. The number of halogens is 1. The van der Waals surface area contributed by atoms with Crippen molar-refractivity contribution in [3.8, 4) is 0 Å². The molecule has 0 aliphatic carbocycles. The Hall–Kier alpha value is -1.55. The van der Waals surface area contributed by atoms with Crippen molar-refractivity contribution in [2.45, 2.75) is 46.2 Å². The number of carbonyl (C=O) groups excluding carboxylic acids is 2. The van der Waals surface area contributed by atoms with Crippen LogP contribution in [0, 0.1) is 0 Å². The Labute approximate surface area is 131 Å². The molecule has 0 heterocycles. The summed E-state index contributed by atoms with van der Waals surface area (Å²) >= 11 is 5.84. The summed E-state index contributed by atoms with van der Waals surface area (Å²) in [4.78, 5) is 25.2. The van der Waals surface area contributed by atoms with Gasteiger partial charge in [0, 0.05) is 37.0 Å². The van der Waals surface area contributed by atoms with Crippen LogP contribution in [0.4, 0.5) is 0 Å². The van der Waals surface area contributed by atoms with E-state index in [1.807, 2.05) is 32.9 Å². The summed E-state index contributed by atoms with van der Waals surface area (Å²) in [6.07, 6.45) is 0.296. The van der Waals surface area contributed by atoms with Gasteiger partial charge in [-0.2, -0.15) is 0 Å². The fourth-order valence-electron chi connectivity index (χ4n) is 1.88. The number of nitrogens with one attached hydrogen (secondary N) is 1. The minimum absolute atomic E-state index is 0.0477. The van der Waals surface area contributed by atoms with E-state index < -0.39 is 0 Å². The normalized spacial score (nSPS) is 11.1. The SMILES string of the molecule is CC(=O)N(CCC(=O)NC(C)(C)C)Cc1ccc(Cl)cc1. The molecule has 0 unspecified atom stereocenters. The Morgan fingerprint density at radius 1 is 1.19 bits per heavy atom. The Bertz CT molecular complexity index is 492. The summed E-state index contributed by atoms with van der Waals surface area (Å²) < 4.78 is 0. The topological polar surface area (TPSA) is 49.4 Å². The number of rotatable bonds is 5. The van der Waals surface area contributed by atoms with E-state index in [1.54, 1.807) is 17.0 Å². The molecule has 0 atom stereocenters. The van der Waals surface area contributed by atoms with Crippen molar-refractivity contribution in [2.75, 3.05) is 6.54 Å². The zero-order valence-corrected chi connectivity index (χ0v) is 13.8. The van der Waals surface area contributed by atoms with Crippen LogP contribution < -0.4 is 5.32 Å². The number of carbonyl (C=O) groups is 2. The van der Waals surface area contributed by atoms with Crippen molar-refractivity contribution < 1.29 is 9.59 Å². The summed E-state index contributed by atoms with van der Waals surface area (Å²) in [5.74, 6) is -0.0987. The standard InChI is InChI=1S/C16H23ClN2O2/c1-12(20)19(10-9-15(21)18-16(2,3)4)11-13-5-7-14(17)8-6-13/h5-8H,9-11H2,1-4H3,(H,18,21). The number of nitrogens with zero attached hydrogens (tertiary/aromatic N) is 1. The third-order valence-electron chi connectivity index (χ3n) is 2.86. The molecule has 1 aromatic rings. The van der Waals surface area contributed by atoms with Gasteiger partial charge in [0.05, 0.1) is 0 Å². The second-order valence-electron chi connectivity index (χ2n) is 6.12. The van der Waals surface area contributed by atoms with E-state index in [4.69, 9.17) is 11.6 Å². The van der Waals surface area contributed by atoms with Gasteiger partial charge in [-0.1, -0.05) is 23.7 Å². The first-order chi connectivity index (χ1) is 9.67. The average molecular weight is 311 g/mol. The van der Waals surface area contributed by atoms with Gasteiger partial charge in [0.2, 0.25) is 11.8 Å². The minimum Gasteiger partial charge on any atom is -0.351 e. The highest BCUT2D eigenvalue weighted by Crippen LogP contribution is 2.12. The molecule has 0 saturated carbocycles. The molecule has 0 fully saturated rings. The van der Waals surface area contributed by atoms with Crippen LogP contribution in [0.3, 0.4) is 0 Å². The first-order valence-corrected chi connectivity index (χ1v) is 7.36. The van der Waals surface area contributed by atoms with Crippen LogP contribution in [-0.4, -0.2) is 28.8 Å². The fourth-order valence-corrected chi connectivity index (χ4v) is 2.00. The van der Waals surface area contributed by atoms with Crippen molar-refractivity contribution >= 4 is 23.4 Å². The van der Waals surface area contributed by atoms with Crippen molar-refractivity contribution in [2.24, 2.45) is 0 Å². The maximum absolute atomic E-state index is 11.8. The minimum atomic E-state index is -0.256. The predicted octanol–water partition coefficient (Wildman–Crippen LogP) is 2.99. The Balaban J connectivity index is 2.56. The molecule has 5 heteroatoms. The molecule has 0 aliphatic rings. The first kappa shape index (κ1) is 17.5.